The van der Waals surface area contributed by atoms with Crippen molar-refractivity contribution in [3.8, 4) is 23.0 Å². The van der Waals surface area contributed by atoms with Gasteiger partial charge in [-0.2, -0.15) is 0 Å². The third-order valence-electron chi connectivity index (χ3n) is 4.33. The van der Waals surface area contributed by atoms with Gasteiger partial charge in [0.05, 0.1) is 5.56 Å². The van der Waals surface area contributed by atoms with Gasteiger partial charge in [-0.05, 0) is 42.8 Å². The predicted molar refractivity (Wildman–Crippen MR) is 96.7 cm³/mol. The van der Waals surface area contributed by atoms with Crippen molar-refractivity contribution in [1.29, 1.82) is 0 Å². The van der Waals surface area contributed by atoms with Crippen molar-refractivity contribution in [2.24, 2.45) is 0 Å². The van der Waals surface area contributed by atoms with Crippen LogP contribution in [0.3, 0.4) is 0 Å². The van der Waals surface area contributed by atoms with Crippen molar-refractivity contribution in [3.63, 3.8) is 0 Å². The first-order valence-electron chi connectivity index (χ1n) is 8.87. The summed E-state index contributed by atoms with van der Waals surface area (Å²) in [7, 11) is 0. The quantitative estimate of drug-likeness (QED) is 0.788. The van der Waals surface area contributed by atoms with Gasteiger partial charge in [0.2, 0.25) is 6.79 Å². The number of nitrogens with one attached hydrogen (secondary N) is 1. The molecule has 0 spiro atoms. The Morgan fingerprint density at radius 1 is 0.964 bits per heavy atom. The Morgan fingerprint density at radius 2 is 1.64 bits per heavy atom. The molecule has 1 atom stereocenters. The molecule has 0 saturated heterocycles. The van der Waals surface area contributed by atoms with Gasteiger partial charge in [-0.15, -0.1) is 0 Å². The van der Waals surface area contributed by atoms with E-state index in [2.05, 4.69) is 5.32 Å². The number of hydrogen-bond acceptors (Lipinski definition) is 7. The third kappa shape index (κ3) is 3.80. The Labute approximate surface area is 161 Å². The highest BCUT2D eigenvalue weighted by Crippen LogP contribution is 2.32. The van der Waals surface area contributed by atoms with Gasteiger partial charge in [0.25, 0.3) is 5.91 Å². The lowest BCUT2D eigenvalue weighted by Crippen LogP contribution is -2.35. The van der Waals surface area contributed by atoms with Crippen molar-refractivity contribution in [2.45, 2.75) is 19.6 Å². The molecule has 0 fully saturated rings. The van der Waals surface area contributed by atoms with Gasteiger partial charge < -0.3 is 29.0 Å². The van der Waals surface area contributed by atoms with Gasteiger partial charge in [0.15, 0.2) is 29.1 Å². The molecular weight excluding hydrogens is 366 g/mol. The van der Waals surface area contributed by atoms with E-state index in [1.54, 1.807) is 30.3 Å². The Morgan fingerprint density at radius 3 is 2.50 bits per heavy atom. The maximum Gasteiger partial charge on any atom is 0.339 e. The molecule has 1 amide bonds. The van der Waals surface area contributed by atoms with E-state index < -0.39 is 18.0 Å². The third-order valence-corrected chi connectivity index (χ3v) is 4.33. The van der Waals surface area contributed by atoms with Crippen LogP contribution in [-0.4, -0.2) is 38.0 Å². The number of carbonyl (C=O) groups is 2. The van der Waals surface area contributed by atoms with Crippen LogP contribution in [0.1, 0.15) is 22.8 Å². The van der Waals surface area contributed by atoms with Crippen LogP contribution in [0.4, 0.5) is 0 Å². The Hall–Kier alpha value is -3.42. The summed E-state index contributed by atoms with van der Waals surface area (Å²) >= 11 is 0. The average Bonchev–Trinajstić information content (AvgIpc) is 3.19. The number of esters is 1. The standard InChI is InChI=1S/C20H19NO7/c1-12(19(22)21-10-13-2-4-16-17(8-13)27-11-26-16)28-20(23)14-3-5-15-18(9-14)25-7-6-24-15/h2-5,8-9,12H,6-7,10-11H2,1H3,(H,21,22). The summed E-state index contributed by atoms with van der Waals surface area (Å²) in [5.41, 5.74) is 1.14. The number of amides is 1. The molecule has 8 heteroatoms. The van der Waals surface area contributed by atoms with Crippen LogP contribution in [0.15, 0.2) is 36.4 Å². The summed E-state index contributed by atoms with van der Waals surface area (Å²) in [6.07, 6.45) is -0.949. The first-order valence-corrected chi connectivity index (χ1v) is 8.87. The van der Waals surface area contributed by atoms with E-state index in [9.17, 15) is 9.59 Å². The lowest BCUT2D eigenvalue weighted by molar-refractivity contribution is -0.129. The maximum absolute atomic E-state index is 12.3. The van der Waals surface area contributed by atoms with Crippen molar-refractivity contribution >= 4 is 11.9 Å². The van der Waals surface area contributed by atoms with Gasteiger partial charge >= 0.3 is 5.97 Å². The normalized spacial score (nSPS) is 14.9. The second-order valence-electron chi connectivity index (χ2n) is 6.31. The molecule has 0 aromatic heterocycles. The molecule has 2 aliphatic heterocycles. The Kier molecular flexibility index (Phi) is 4.92. The number of benzene rings is 2. The SMILES string of the molecule is CC(OC(=O)c1ccc2c(c1)OCCO2)C(=O)NCc1ccc2c(c1)OCO2. The minimum absolute atomic E-state index is 0.192. The topological polar surface area (TPSA) is 92.3 Å². The molecule has 2 aromatic carbocycles. The molecule has 28 heavy (non-hydrogen) atoms. The molecule has 0 saturated carbocycles. The first-order chi connectivity index (χ1) is 13.6. The summed E-state index contributed by atoms with van der Waals surface area (Å²) in [5, 5.41) is 2.74. The predicted octanol–water partition coefficient (Wildman–Crippen LogP) is 2.05. The van der Waals surface area contributed by atoms with Crippen LogP contribution in [0.5, 0.6) is 23.0 Å². The van der Waals surface area contributed by atoms with Crippen molar-refractivity contribution in [2.75, 3.05) is 20.0 Å². The fraction of sp³-hybridized carbons (Fsp3) is 0.300. The molecule has 0 aliphatic carbocycles. The van der Waals surface area contributed by atoms with E-state index in [0.717, 1.165) is 5.56 Å². The van der Waals surface area contributed by atoms with Crippen LogP contribution >= 0.6 is 0 Å². The summed E-state index contributed by atoms with van der Waals surface area (Å²) in [6.45, 7) is 2.88. The molecular formula is C20H19NO7. The molecule has 8 nitrogen and oxygen atoms in total. The van der Waals surface area contributed by atoms with E-state index in [1.165, 1.54) is 6.92 Å². The number of fused-ring (bicyclic) bond motifs is 2. The average molecular weight is 385 g/mol. The summed E-state index contributed by atoms with van der Waals surface area (Å²) in [6, 6.07) is 10.2. The van der Waals surface area contributed by atoms with Gasteiger partial charge in [0, 0.05) is 6.54 Å². The van der Waals surface area contributed by atoms with Crippen molar-refractivity contribution in [1.82, 2.24) is 5.32 Å². The summed E-state index contributed by atoms with van der Waals surface area (Å²) in [4.78, 5) is 24.6. The Bertz CT molecular complexity index is 911. The Balaban J connectivity index is 1.32. The van der Waals surface area contributed by atoms with E-state index in [4.69, 9.17) is 23.7 Å². The highest BCUT2D eigenvalue weighted by molar-refractivity contribution is 5.92. The zero-order valence-corrected chi connectivity index (χ0v) is 15.2. The van der Waals surface area contributed by atoms with Crippen LogP contribution in [0, 0.1) is 0 Å². The highest BCUT2D eigenvalue weighted by Gasteiger charge is 2.21. The molecule has 1 N–H and O–H groups in total. The lowest BCUT2D eigenvalue weighted by Gasteiger charge is -2.19. The first kappa shape index (κ1) is 18.0. The molecule has 4 rings (SSSR count). The van der Waals surface area contributed by atoms with Crippen LogP contribution < -0.4 is 24.3 Å². The van der Waals surface area contributed by atoms with Gasteiger partial charge in [0.1, 0.15) is 13.2 Å². The highest BCUT2D eigenvalue weighted by atomic mass is 16.7. The van der Waals surface area contributed by atoms with Gasteiger partial charge in [-0.3, -0.25) is 4.79 Å². The van der Waals surface area contributed by atoms with E-state index in [1.807, 2.05) is 6.07 Å². The van der Waals surface area contributed by atoms with Gasteiger partial charge in [-0.1, -0.05) is 6.07 Å². The minimum Gasteiger partial charge on any atom is -0.486 e. The molecule has 0 bridgehead atoms. The molecule has 1 unspecified atom stereocenters. The second-order valence-corrected chi connectivity index (χ2v) is 6.31. The molecule has 0 radical (unpaired) electrons. The molecule has 146 valence electrons. The van der Waals surface area contributed by atoms with E-state index in [-0.39, 0.29) is 13.3 Å². The van der Waals surface area contributed by atoms with Crippen molar-refractivity contribution in [3.05, 3.63) is 47.5 Å². The van der Waals surface area contributed by atoms with Crippen LogP contribution in [-0.2, 0) is 16.1 Å². The largest absolute Gasteiger partial charge is 0.486 e. The monoisotopic (exact) mass is 385 g/mol. The number of hydrogen-bond donors (Lipinski definition) is 1. The summed E-state index contributed by atoms with van der Waals surface area (Å²) < 4.78 is 26.7. The van der Waals surface area contributed by atoms with Crippen LogP contribution in [0.25, 0.3) is 0 Å². The number of rotatable bonds is 5. The van der Waals surface area contributed by atoms with Crippen LogP contribution in [0.2, 0.25) is 0 Å². The second kappa shape index (κ2) is 7.67. The molecule has 2 heterocycles. The zero-order valence-electron chi connectivity index (χ0n) is 15.2. The number of carbonyl (C=O) groups excluding carboxylic acids is 2. The zero-order chi connectivity index (χ0) is 19.5. The van der Waals surface area contributed by atoms with Crippen molar-refractivity contribution < 1.29 is 33.3 Å². The molecule has 2 aliphatic rings. The van der Waals surface area contributed by atoms with E-state index >= 15 is 0 Å². The van der Waals surface area contributed by atoms with Gasteiger partial charge in [-0.25, -0.2) is 4.79 Å². The smallest absolute Gasteiger partial charge is 0.339 e. The summed E-state index contributed by atoms with van der Waals surface area (Å²) in [5.74, 6) is 1.38. The maximum atomic E-state index is 12.3. The molecule has 2 aromatic rings. The van der Waals surface area contributed by atoms with E-state index in [0.29, 0.717) is 41.8 Å². The fourth-order valence-corrected chi connectivity index (χ4v) is 2.84. The number of ether oxygens (including phenoxy) is 5. The fourth-order valence-electron chi connectivity index (χ4n) is 2.84. The lowest BCUT2D eigenvalue weighted by atomic mass is 10.2. The minimum atomic E-state index is -0.949.